The zero-order chi connectivity index (χ0) is 15.6. The molecule has 1 aromatic rings. The third-order valence-electron chi connectivity index (χ3n) is 2.87. The Bertz CT molecular complexity index is 538. The second-order valence-electron chi connectivity index (χ2n) is 5.66. The van der Waals surface area contributed by atoms with Crippen molar-refractivity contribution in [2.45, 2.75) is 38.8 Å². The van der Waals surface area contributed by atoms with Crippen molar-refractivity contribution >= 4 is 28.5 Å². The minimum Gasteiger partial charge on any atom is -0.486 e. The Morgan fingerprint density at radius 2 is 2.19 bits per heavy atom. The molecule has 2 rings (SSSR count). The summed E-state index contributed by atoms with van der Waals surface area (Å²) >= 11 is 1.23. The van der Waals surface area contributed by atoms with Gasteiger partial charge in [-0.15, -0.1) is 0 Å². The molecular formula is C13H19N3O4S. The van der Waals surface area contributed by atoms with E-state index in [0.29, 0.717) is 23.2 Å². The number of hydrogen-bond donors (Lipinski definition) is 1. The van der Waals surface area contributed by atoms with Crippen LogP contribution >= 0.6 is 11.3 Å². The van der Waals surface area contributed by atoms with Crippen LogP contribution in [0.1, 0.15) is 27.2 Å². The van der Waals surface area contributed by atoms with Crippen LogP contribution in [0.4, 0.5) is 9.93 Å². The quantitative estimate of drug-likeness (QED) is 0.924. The number of nitrogens with zero attached hydrogens (tertiary/aromatic N) is 2. The molecule has 21 heavy (non-hydrogen) atoms. The zero-order valence-corrected chi connectivity index (χ0v) is 13.3. The molecule has 0 spiro atoms. The maximum absolute atomic E-state index is 12.1. The smallest absolute Gasteiger partial charge is 0.410 e. The van der Waals surface area contributed by atoms with Gasteiger partial charge in [0.2, 0.25) is 5.91 Å². The summed E-state index contributed by atoms with van der Waals surface area (Å²) in [5.74, 6) is -0.260. The van der Waals surface area contributed by atoms with Crippen molar-refractivity contribution in [2.24, 2.45) is 0 Å². The predicted molar refractivity (Wildman–Crippen MR) is 78.6 cm³/mol. The van der Waals surface area contributed by atoms with Crippen LogP contribution < -0.4 is 10.1 Å². The van der Waals surface area contributed by atoms with Gasteiger partial charge in [-0.2, -0.15) is 0 Å². The highest BCUT2D eigenvalue weighted by Gasteiger charge is 2.40. The predicted octanol–water partition coefficient (Wildman–Crippen LogP) is 2.10. The number of aromatic nitrogens is 1. The highest BCUT2D eigenvalue weighted by Crippen LogP contribution is 2.27. The first-order valence-electron chi connectivity index (χ1n) is 6.60. The van der Waals surface area contributed by atoms with Gasteiger partial charge < -0.3 is 14.8 Å². The number of likely N-dealkylation sites (tertiary alicyclic amines) is 1. The molecule has 0 saturated carbocycles. The second-order valence-corrected chi connectivity index (χ2v) is 6.65. The van der Waals surface area contributed by atoms with Crippen LogP contribution in [0.25, 0.3) is 0 Å². The van der Waals surface area contributed by atoms with Gasteiger partial charge in [0.05, 0.1) is 13.3 Å². The van der Waals surface area contributed by atoms with Crippen molar-refractivity contribution in [3.63, 3.8) is 0 Å². The van der Waals surface area contributed by atoms with Crippen LogP contribution in [0.3, 0.4) is 0 Å². The van der Waals surface area contributed by atoms with Crippen LogP contribution in [0.5, 0.6) is 5.06 Å². The lowest BCUT2D eigenvalue weighted by molar-refractivity contribution is -0.125. The topological polar surface area (TPSA) is 80.8 Å². The number of methoxy groups -OCH3 is 1. The summed E-state index contributed by atoms with van der Waals surface area (Å²) < 4.78 is 10.3. The van der Waals surface area contributed by atoms with Crippen molar-refractivity contribution < 1.29 is 19.1 Å². The Morgan fingerprint density at radius 1 is 1.48 bits per heavy atom. The Kier molecular flexibility index (Phi) is 4.36. The van der Waals surface area contributed by atoms with Gasteiger partial charge in [0.15, 0.2) is 10.2 Å². The number of rotatable bonds is 3. The normalized spacial score (nSPS) is 17.9. The lowest BCUT2D eigenvalue weighted by atomic mass is 10.0. The number of carbonyl (C=O) groups excluding carboxylic acids is 2. The van der Waals surface area contributed by atoms with Crippen molar-refractivity contribution in [3.05, 3.63) is 6.20 Å². The van der Waals surface area contributed by atoms with E-state index in [2.05, 4.69) is 10.3 Å². The van der Waals surface area contributed by atoms with Gasteiger partial charge in [0.1, 0.15) is 11.6 Å². The molecule has 1 fully saturated rings. The van der Waals surface area contributed by atoms with Gasteiger partial charge in [0.25, 0.3) is 0 Å². The molecule has 1 N–H and O–H groups in total. The molecule has 1 aliphatic rings. The number of thiazole rings is 1. The van der Waals surface area contributed by atoms with Crippen LogP contribution in [0.15, 0.2) is 6.20 Å². The van der Waals surface area contributed by atoms with E-state index in [4.69, 9.17) is 9.47 Å². The molecule has 0 aromatic carbocycles. The molecule has 2 amide bonds. The number of nitrogens with one attached hydrogen (secondary N) is 1. The number of amides is 2. The Labute approximate surface area is 127 Å². The van der Waals surface area contributed by atoms with Gasteiger partial charge >= 0.3 is 6.09 Å². The number of carbonyl (C=O) groups is 2. The van der Waals surface area contributed by atoms with Gasteiger partial charge in [-0.25, -0.2) is 9.78 Å². The third kappa shape index (κ3) is 3.84. The first kappa shape index (κ1) is 15.6. The molecular weight excluding hydrogens is 294 g/mol. The molecule has 1 aromatic heterocycles. The molecule has 8 heteroatoms. The highest BCUT2D eigenvalue weighted by atomic mass is 32.1. The molecule has 0 aliphatic carbocycles. The van der Waals surface area contributed by atoms with Crippen LogP contribution in [-0.4, -0.2) is 47.2 Å². The van der Waals surface area contributed by atoms with Crippen molar-refractivity contribution in [1.29, 1.82) is 0 Å². The molecule has 0 bridgehead atoms. The van der Waals surface area contributed by atoms with E-state index < -0.39 is 17.7 Å². The fraction of sp³-hybridized carbons (Fsp3) is 0.615. The number of anilines is 1. The average molecular weight is 313 g/mol. The third-order valence-corrected chi connectivity index (χ3v) is 3.74. The number of hydrogen-bond acceptors (Lipinski definition) is 6. The molecule has 1 atom stereocenters. The Hall–Kier alpha value is -1.83. The summed E-state index contributed by atoms with van der Waals surface area (Å²) in [5.41, 5.74) is -0.573. The molecule has 1 aliphatic heterocycles. The highest BCUT2D eigenvalue weighted by molar-refractivity contribution is 7.17. The van der Waals surface area contributed by atoms with Crippen LogP contribution in [0, 0.1) is 0 Å². The minimum atomic E-state index is -0.573. The van der Waals surface area contributed by atoms with Crippen molar-refractivity contribution in [1.82, 2.24) is 9.88 Å². The molecule has 0 radical (unpaired) electrons. The van der Waals surface area contributed by atoms with Gasteiger partial charge in [0, 0.05) is 6.54 Å². The maximum atomic E-state index is 12.1. The fourth-order valence-electron chi connectivity index (χ4n) is 1.80. The van der Waals surface area contributed by atoms with E-state index in [0.717, 1.165) is 0 Å². The summed E-state index contributed by atoms with van der Waals surface area (Å²) in [6.07, 6.45) is 1.69. The molecule has 0 unspecified atom stereocenters. The summed E-state index contributed by atoms with van der Waals surface area (Å²) in [6, 6.07) is -0.505. The van der Waals surface area contributed by atoms with E-state index >= 15 is 0 Å². The van der Waals surface area contributed by atoms with E-state index in [1.807, 2.05) is 0 Å². The Morgan fingerprint density at radius 3 is 2.67 bits per heavy atom. The standard InChI is InChI=1S/C13H19N3O4S/c1-13(2,3)20-12(18)16-6-5-8(16)10(17)15-11-14-7-9(19-4)21-11/h7-8H,5-6H2,1-4H3,(H,14,15,17)/t8-/m1/s1. The van der Waals surface area contributed by atoms with E-state index in [1.54, 1.807) is 20.8 Å². The lowest BCUT2D eigenvalue weighted by Gasteiger charge is -2.39. The summed E-state index contributed by atoms with van der Waals surface area (Å²) in [7, 11) is 1.54. The SMILES string of the molecule is COc1cnc(NC(=O)[C@H]2CCN2C(=O)OC(C)(C)C)s1. The Balaban J connectivity index is 1.92. The van der Waals surface area contributed by atoms with Gasteiger partial charge in [-0.1, -0.05) is 11.3 Å². The van der Waals surface area contributed by atoms with E-state index in [-0.39, 0.29) is 5.91 Å². The van der Waals surface area contributed by atoms with E-state index in [1.165, 1.54) is 29.5 Å². The molecule has 116 valence electrons. The zero-order valence-electron chi connectivity index (χ0n) is 12.5. The summed E-state index contributed by atoms with van der Waals surface area (Å²) in [6.45, 7) is 5.90. The van der Waals surface area contributed by atoms with Gasteiger partial charge in [-0.05, 0) is 27.2 Å². The molecule has 2 heterocycles. The second kappa shape index (κ2) is 5.88. The lowest BCUT2D eigenvalue weighted by Crippen LogP contribution is -2.57. The van der Waals surface area contributed by atoms with Crippen molar-refractivity contribution in [3.8, 4) is 5.06 Å². The fourth-order valence-corrected chi connectivity index (χ4v) is 2.44. The minimum absolute atomic E-state index is 0.260. The summed E-state index contributed by atoms with van der Waals surface area (Å²) in [5, 5.41) is 3.75. The van der Waals surface area contributed by atoms with Gasteiger partial charge in [-0.3, -0.25) is 9.69 Å². The summed E-state index contributed by atoms with van der Waals surface area (Å²) in [4.78, 5) is 29.5. The van der Waals surface area contributed by atoms with Crippen LogP contribution in [-0.2, 0) is 9.53 Å². The van der Waals surface area contributed by atoms with Crippen LogP contribution in [0.2, 0.25) is 0 Å². The first-order chi connectivity index (χ1) is 9.80. The van der Waals surface area contributed by atoms with Crippen molar-refractivity contribution in [2.75, 3.05) is 19.0 Å². The monoisotopic (exact) mass is 313 g/mol. The molecule has 1 saturated heterocycles. The number of ether oxygens (including phenoxy) is 2. The molecule has 7 nitrogen and oxygen atoms in total. The average Bonchev–Trinajstić information content (AvgIpc) is 2.72. The largest absolute Gasteiger partial charge is 0.486 e. The first-order valence-corrected chi connectivity index (χ1v) is 7.42. The maximum Gasteiger partial charge on any atom is 0.410 e. The van der Waals surface area contributed by atoms with E-state index in [9.17, 15) is 9.59 Å².